The monoisotopic (exact) mass is 274 g/mol. The summed E-state index contributed by atoms with van der Waals surface area (Å²) in [5, 5.41) is 0. The third-order valence-electron chi connectivity index (χ3n) is 4.36. The van der Waals surface area contributed by atoms with Crippen LogP contribution in [0.5, 0.6) is 0 Å². The summed E-state index contributed by atoms with van der Waals surface area (Å²) in [6.07, 6.45) is 5.23. The van der Waals surface area contributed by atoms with Crippen LogP contribution in [0.1, 0.15) is 44.6 Å². The minimum absolute atomic E-state index is 0.211. The molecule has 0 heterocycles. The van der Waals surface area contributed by atoms with Gasteiger partial charge in [0, 0.05) is 25.6 Å². The molecule has 1 saturated carbocycles. The largest absolute Gasteiger partial charge is 0.339 e. The van der Waals surface area contributed by atoms with Crippen LogP contribution in [-0.4, -0.2) is 23.4 Å². The van der Waals surface area contributed by atoms with Crippen LogP contribution in [0.2, 0.25) is 0 Å². The smallest absolute Gasteiger partial charge is 0.223 e. The van der Waals surface area contributed by atoms with E-state index >= 15 is 0 Å². The number of carbonyl (C=O) groups is 1. The summed E-state index contributed by atoms with van der Waals surface area (Å²) in [5.74, 6) is 0.625. The molecule has 1 amide bonds. The predicted octanol–water partition coefficient (Wildman–Crippen LogP) is 2.94. The van der Waals surface area contributed by atoms with E-state index in [2.05, 4.69) is 12.1 Å². The van der Waals surface area contributed by atoms with Crippen LogP contribution in [0.4, 0.5) is 0 Å². The molecular formula is C17H26N2O. The summed E-state index contributed by atoms with van der Waals surface area (Å²) in [4.78, 5) is 14.4. The van der Waals surface area contributed by atoms with Gasteiger partial charge in [0.2, 0.25) is 5.91 Å². The second-order valence-electron chi connectivity index (χ2n) is 5.81. The summed E-state index contributed by atoms with van der Waals surface area (Å²) >= 11 is 0. The van der Waals surface area contributed by atoms with Gasteiger partial charge in [-0.25, -0.2) is 0 Å². The van der Waals surface area contributed by atoms with Crippen molar-refractivity contribution in [1.29, 1.82) is 0 Å². The number of amides is 1. The number of carbonyl (C=O) groups excluding carboxylic acids is 1. The van der Waals surface area contributed by atoms with Crippen molar-refractivity contribution in [2.45, 2.75) is 51.6 Å². The first-order valence-corrected chi connectivity index (χ1v) is 7.78. The van der Waals surface area contributed by atoms with Crippen LogP contribution in [-0.2, 0) is 11.3 Å². The van der Waals surface area contributed by atoms with E-state index in [1.165, 1.54) is 18.4 Å². The topological polar surface area (TPSA) is 46.3 Å². The fraction of sp³-hybridized carbons (Fsp3) is 0.588. The molecule has 1 aromatic rings. The van der Waals surface area contributed by atoms with E-state index in [1.54, 1.807) is 0 Å². The molecule has 0 saturated heterocycles. The maximum absolute atomic E-state index is 12.5. The first-order valence-electron chi connectivity index (χ1n) is 7.78. The number of nitrogens with zero attached hydrogens (tertiary/aromatic N) is 1. The van der Waals surface area contributed by atoms with Gasteiger partial charge in [0.1, 0.15) is 0 Å². The zero-order valence-electron chi connectivity index (χ0n) is 12.4. The third-order valence-corrected chi connectivity index (χ3v) is 4.36. The van der Waals surface area contributed by atoms with E-state index < -0.39 is 0 Å². The zero-order chi connectivity index (χ0) is 14.4. The molecule has 0 bridgehead atoms. The van der Waals surface area contributed by atoms with Gasteiger partial charge in [-0.3, -0.25) is 4.79 Å². The van der Waals surface area contributed by atoms with Crippen LogP contribution in [0.3, 0.4) is 0 Å². The van der Waals surface area contributed by atoms with Crippen molar-refractivity contribution >= 4 is 5.91 Å². The minimum Gasteiger partial charge on any atom is -0.339 e. The van der Waals surface area contributed by atoms with E-state index in [0.717, 1.165) is 19.4 Å². The molecule has 0 spiro atoms. The Morgan fingerprint density at radius 2 is 1.95 bits per heavy atom. The second-order valence-corrected chi connectivity index (χ2v) is 5.81. The van der Waals surface area contributed by atoms with Crippen molar-refractivity contribution in [1.82, 2.24) is 4.90 Å². The zero-order valence-corrected chi connectivity index (χ0v) is 12.4. The van der Waals surface area contributed by atoms with Gasteiger partial charge in [0.05, 0.1) is 0 Å². The lowest BCUT2D eigenvalue weighted by molar-refractivity contribution is -0.133. The van der Waals surface area contributed by atoms with Crippen molar-refractivity contribution < 1.29 is 4.79 Å². The maximum Gasteiger partial charge on any atom is 0.223 e. The molecule has 2 N–H and O–H groups in total. The van der Waals surface area contributed by atoms with Crippen molar-refractivity contribution in [3.8, 4) is 0 Å². The van der Waals surface area contributed by atoms with E-state index in [1.807, 2.05) is 30.0 Å². The van der Waals surface area contributed by atoms with Crippen LogP contribution >= 0.6 is 0 Å². The van der Waals surface area contributed by atoms with Crippen LogP contribution < -0.4 is 5.73 Å². The highest BCUT2D eigenvalue weighted by atomic mass is 16.2. The van der Waals surface area contributed by atoms with E-state index in [-0.39, 0.29) is 11.9 Å². The molecule has 0 aliphatic heterocycles. The fourth-order valence-corrected chi connectivity index (χ4v) is 3.02. The first kappa shape index (κ1) is 15.0. The number of rotatable bonds is 5. The molecule has 110 valence electrons. The molecule has 0 radical (unpaired) electrons. The van der Waals surface area contributed by atoms with E-state index in [0.29, 0.717) is 18.9 Å². The summed E-state index contributed by atoms with van der Waals surface area (Å²) in [6, 6.07) is 10.4. The van der Waals surface area contributed by atoms with Gasteiger partial charge < -0.3 is 10.6 Å². The predicted molar refractivity (Wildman–Crippen MR) is 82.1 cm³/mol. The minimum atomic E-state index is 0.211. The highest BCUT2D eigenvalue weighted by molar-refractivity contribution is 5.76. The Kier molecular flexibility index (Phi) is 5.60. The third kappa shape index (κ3) is 4.07. The maximum atomic E-state index is 12.5. The Morgan fingerprint density at radius 1 is 1.25 bits per heavy atom. The van der Waals surface area contributed by atoms with Gasteiger partial charge in [-0.1, -0.05) is 43.2 Å². The molecule has 1 aliphatic carbocycles. The average Bonchev–Trinajstić information content (AvgIpc) is 2.48. The summed E-state index contributed by atoms with van der Waals surface area (Å²) in [6.45, 7) is 3.51. The molecule has 1 aromatic carbocycles. The van der Waals surface area contributed by atoms with Gasteiger partial charge in [-0.15, -0.1) is 0 Å². The quantitative estimate of drug-likeness (QED) is 0.897. The lowest BCUT2D eigenvalue weighted by Crippen LogP contribution is -2.38. The van der Waals surface area contributed by atoms with Crippen LogP contribution in [0.25, 0.3) is 0 Å². The van der Waals surface area contributed by atoms with Crippen molar-refractivity contribution in [3.63, 3.8) is 0 Å². The number of nitrogens with two attached hydrogens (primary N) is 1. The SMILES string of the molecule is CCN(Cc1ccccc1)C(=O)CC1CCCCC1N. The molecule has 1 fully saturated rings. The molecule has 3 heteroatoms. The Balaban J connectivity index is 1.91. The molecule has 0 aromatic heterocycles. The number of benzene rings is 1. The molecule has 2 unspecified atom stereocenters. The summed E-state index contributed by atoms with van der Waals surface area (Å²) < 4.78 is 0. The first-order chi connectivity index (χ1) is 9.70. The summed E-state index contributed by atoms with van der Waals surface area (Å²) in [7, 11) is 0. The van der Waals surface area contributed by atoms with Gasteiger partial charge in [0.25, 0.3) is 0 Å². The summed E-state index contributed by atoms with van der Waals surface area (Å²) in [5.41, 5.74) is 7.34. The second kappa shape index (κ2) is 7.44. The normalized spacial score (nSPS) is 22.5. The molecule has 2 rings (SSSR count). The average molecular weight is 274 g/mol. The standard InChI is InChI=1S/C17H26N2O/c1-2-19(13-14-8-4-3-5-9-14)17(20)12-15-10-6-7-11-16(15)18/h3-5,8-9,15-16H,2,6-7,10-13,18H2,1H3. The Hall–Kier alpha value is -1.35. The van der Waals surface area contributed by atoms with E-state index in [9.17, 15) is 4.79 Å². The highest BCUT2D eigenvalue weighted by Gasteiger charge is 2.25. The van der Waals surface area contributed by atoms with Gasteiger partial charge in [-0.2, -0.15) is 0 Å². The Bertz CT molecular complexity index is 418. The molecule has 1 aliphatic rings. The van der Waals surface area contributed by atoms with Gasteiger partial charge in [0.15, 0.2) is 0 Å². The number of hydrogen-bond acceptors (Lipinski definition) is 2. The lowest BCUT2D eigenvalue weighted by atomic mass is 9.82. The van der Waals surface area contributed by atoms with Crippen molar-refractivity contribution in [3.05, 3.63) is 35.9 Å². The van der Waals surface area contributed by atoms with Gasteiger partial charge >= 0.3 is 0 Å². The Labute approximate surface area is 122 Å². The van der Waals surface area contributed by atoms with Crippen LogP contribution in [0, 0.1) is 5.92 Å². The fourth-order valence-electron chi connectivity index (χ4n) is 3.02. The molecular weight excluding hydrogens is 248 g/mol. The highest BCUT2D eigenvalue weighted by Crippen LogP contribution is 2.26. The van der Waals surface area contributed by atoms with E-state index in [4.69, 9.17) is 5.73 Å². The van der Waals surface area contributed by atoms with Gasteiger partial charge in [-0.05, 0) is 31.2 Å². The number of hydrogen-bond donors (Lipinski definition) is 1. The molecule has 2 atom stereocenters. The lowest BCUT2D eigenvalue weighted by Gasteiger charge is -2.30. The Morgan fingerprint density at radius 3 is 2.60 bits per heavy atom. The van der Waals surface area contributed by atoms with Crippen molar-refractivity contribution in [2.24, 2.45) is 11.7 Å². The molecule has 20 heavy (non-hydrogen) atoms. The molecule has 3 nitrogen and oxygen atoms in total. The van der Waals surface area contributed by atoms with Crippen LogP contribution in [0.15, 0.2) is 30.3 Å². The van der Waals surface area contributed by atoms with Crippen molar-refractivity contribution in [2.75, 3.05) is 6.54 Å².